The average molecular weight is 2040 g/mol. The Kier molecular flexibility index (Phi) is 44.8. The normalized spacial score (nSPS) is 20.9. The van der Waals surface area contributed by atoms with Crippen molar-refractivity contribution in [3.8, 4) is 0 Å². The number of nitrogens with zero attached hydrogens (tertiary/aromatic N) is 2. The minimum absolute atomic E-state index is 0.0120. The molecule has 0 radical (unpaired) electrons. The van der Waals surface area contributed by atoms with Gasteiger partial charge in [0.25, 0.3) is 10.1 Å². The number of thioether (sulfide) groups is 1. The molecule has 19 N–H and O–H groups in total. The fourth-order valence-electron chi connectivity index (χ4n) is 16.5. The number of anilines is 2. The number of halogens is 4. The molecule has 2 fully saturated rings. The Balaban J connectivity index is 0.908. The number of nitrogens with two attached hydrogens (primary N) is 2. The number of hydrogen-bond acceptors (Lipinski definition) is 25. The van der Waals surface area contributed by atoms with Crippen LogP contribution in [0.15, 0.2) is 76.9 Å². The molecular weight excluding hydrogens is 1910 g/mol. The topological polar surface area (TPSA) is 571 Å². The Morgan fingerprint density at radius 3 is 1.92 bits per heavy atom. The number of carboxylic acids is 1. The number of rotatable bonds is 44. The van der Waals surface area contributed by atoms with Gasteiger partial charge in [-0.05, 0) is 134 Å². The van der Waals surface area contributed by atoms with Crippen LogP contribution in [0.2, 0.25) is 0 Å². The van der Waals surface area contributed by atoms with Gasteiger partial charge in [-0.1, -0.05) is 89.1 Å². The van der Waals surface area contributed by atoms with Crippen molar-refractivity contribution in [2.24, 2.45) is 11.5 Å². The summed E-state index contributed by atoms with van der Waals surface area (Å²) in [6, 6.07) is 1.40. The third kappa shape index (κ3) is 35.2. The van der Waals surface area contributed by atoms with Gasteiger partial charge in [-0.2, -0.15) is 8.42 Å². The maximum atomic E-state index is 16.6. The van der Waals surface area contributed by atoms with E-state index in [1.165, 1.54) is 28.6 Å². The van der Waals surface area contributed by atoms with Crippen LogP contribution >= 0.6 is 33.3 Å². The van der Waals surface area contributed by atoms with E-state index in [2.05, 4.69) is 95.5 Å². The van der Waals surface area contributed by atoms with Gasteiger partial charge in [-0.25, -0.2) is 22.0 Å². The van der Waals surface area contributed by atoms with Crippen molar-refractivity contribution in [2.75, 3.05) is 144 Å². The SMILES string of the molecule is CC(C)(C)c1cc(C=CC=CC=C2N(CCCCCC(=O)NCCCC[C@@H]3NC(=O)CSC[C@@H](C(=O)NCCOCCOCCOCCNC(=O)COCC(N)=O)NC(=O)[C@H](Cc4ccccc4)NC(=O)[C@@H]4CSSC[C@H](NC3=O)C(=O)N[C@@H](CCCNC(=N)N)C(=O)NCC(=O)N[C@@H](CC(=O)O)C(=O)N4)c3c(F)c(F)c(F)c(F)c3C2(C)CCCCS(=O)(=O)O)c2cc3c4c(c2[o+]1)CCCN4CCC3. The first kappa shape index (κ1) is 112. The zero-order valence-electron chi connectivity index (χ0n) is 78.8. The molecule has 0 saturated carbocycles. The molecule has 12 amide bonds. The zero-order chi connectivity index (χ0) is 102. The Morgan fingerprint density at radius 2 is 1.25 bits per heavy atom. The molecule has 1 unspecified atom stereocenters. The Bertz CT molecular complexity index is 5280. The van der Waals surface area contributed by atoms with Crippen LogP contribution in [0, 0.1) is 28.7 Å². The molecule has 2 bridgehead atoms. The predicted molar refractivity (Wildman–Crippen MR) is 520 cm³/mol. The molecule has 5 aliphatic heterocycles. The van der Waals surface area contributed by atoms with Crippen LogP contribution in [0.1, 0.15) is 158 Å². The summed E-state index contributed by atoms with van der Waals surface area (Å²) in [6.07, 6.45) is 11.6. The number of carbonyl (C=O) groups excluding carboxylic acids is 12. The number of aryl methyl sites for hydroxylation is 2. The number of fused-ring (bicyclic) bond motifs is 8. The third-order valence-electron chi connectivity index (χ3n) is 23.5. The lowest BCUT2D eigenvalue weighted by Crippen LogP contribution is -2.60. The van der Waals surface area contributed by atoms with Crippen LogP contribution in [-0.2, 0) is 121 Å². The van der Waals surface area contributed by atoms with Gasteiger partial charge in [0.1, 0.15) is 55.5 Å². The van der Waals surface area contributed by atoms with E-state index in [-0.39, 0.29) is 185 Å². The lowest BCUT2D eigenvalue weighted by Gasteiger charge is -2.36. The Labute approximate surface area is 821 Å². The van der Waals surface area contributed by atoms with E-state index >= 15 is 17.6 Å². The van der Waals surface area contributed by atoms with Crippen molar-refractivity contribution < 1.29 is 121 Å². The van der Waals surface area contributed by atoms with E-state index in [4.69, 9.17) is 40.2 Å². The molecule has 2 saturated heterocycles. The number of hydrogen-bond donors (Lipinski definition) is 17. The molecule has 1 aromatic heterocycles. The van der Waals surface area contributed by atoms with Gasteiger partial charge in [-0.3, -0.25) is 72.3 Å². The number of nitrogens with one attached hydrogen (secondary N) is 13. The van der Waals surface area contributed by atoms with E-state index in [0.717, 1.165) is 94.4 Å². The second-order valence-corrected chi connectivity index (χ2v) is 40.6. The fraction of sp³-hybridized carbons (Fsp3) is 0.559. The van der Waals surface area contributed by atoms with E-state index < -0.39 is 212 Å². The number of aliphatic carboxylic acids is 1. The number of guanidine groups is 1. The molecule has 768 valence electrons. The minimum Gasteiger partial charge on any atom is -0.481 e. The number of ether oxygens (including phenoxy) is 4. The molecule has 3 aromatic carbocycles. The first-order chi connectivity index (χ1) is 66.8. The summed E-state index contributed by atoms with van der Waals surface area (Å²) in [5, 5.41) is 49.7. The molecule has 6 heterocycles. The Morgan fingerprint density at radius 1 is 0.629 bits per heavy atom. The monoisotopic (exact) mass is 2040 g/mol. The predicted octanol–water partition coefficient (Wildman–Crippen LogP) is 3.82. The fourth-order valence-corrected chi connectivity index (χ4v) is 20.3. The van der Waals surface area contributed by atoms with E-state index in [9.17, 15) is 80.4 Å². The van der Waals surface area contributed by atoms with E-state index in [1.54, 1.807) is 48.6 Å². The molecule has 9 rings (SSSR count). The second kappa shape index (κ2) is 55.8. The summed E-state index contributed by atoms with van der Waals surface area (Å²) in [5.41, 5.74) is 13.6. The van der Waals surface area contributed by atoms with Gasteiger partial charge in [0, 0.05) is 104 Å². The number of carboxylic acid groups (broad SMARTS) is 1. The zero-order valence-corrected chi connectivity index (χ0v) is 82.1. The van der Waals surface area contributed by atoms with Gasteiger partial charge in [-0.15, -0.1) is 11.8 Å². The highest BCUT2D eigenvalue weighted by molar-refractivity contribution is 8.76. The summed E-state index contributed by atoms with van der Waals surface area (Å²) in [7, 11) is -2.72. The second-order valence-electron chi connectivity index (χ2n) is 35.5. The van der Waals surface area contributed by atoms with Crippen LogP contribution in [-0.4, -0.2) is 277 Å². The van der Waals surface area contributed by atoms with Crippen molar-refractivity contribution in [1.29, 1.82) is 5.41 Å². The first-order valence-corrected chi connectivity index (χ1v) is 51.9. The summed E-state index contributed by atoms with van der Waals surface area (Å²) >= 11 is 0.845. The standard InChI is InChI=1S/C93H127F4N17O22S4/c1-92(2,3)69-47-57(60-46-58-24-19-35-113-36-20-25-59(81(58)113)83(60)136-69)23-10-6-11-28-68-93(4,30-14-17-44-140(129,130)131)76-77(94)78(95)79(96)80(97)82(76)114(68)37-16-7-12-29-71(116)101-31-15-13-26-62-86(124)111-66-53-138-139-54-67(112-88(126)64(48-75(120)121)107-72(117)49-105-84(122)61(108-89(66)127)27-18-32-104-91(99)100)90(128)109-63(45-56-21-8-5-9-22-56)87(125)110-65(52-137-55-74(119)106-62)85(123)103-34-39-133-41-43-134-42-40-132-38-33-102-73(118)51-135-50-70(98)115/h5-6,8-11,21-23,28,46-47,61-67H,7,12-20,24-27,29-45,48-55H2,1-4H3,(H18-,98,99,100,101,102,103,104,105,106,107,108,109,110,111,112,115,116,117,118,119,120,121,122,123,124,125,126,127,128,129,130,131)/p+1/t61-,62-,63-,64-,65-,66-,67-,93?/m0/s1. The van der Waals surface area contributed by atoms with Crippen molar-refractivity contribution in [3.63, 3.8) is 0 Å². The number of primary amides is 1. The number of carbonyl (C=O) groups is 13. The van der Waals surface area contributed by atoms with E-state index in [0.29, 0.717) is 5.56 Å². The summed E-state index contributed by atoms with van der Waals surface area (Å²) in [5.74, 6) is -21.1. The molecule has 4 aromatic rings. The molecule has 39 nitrogen and oxygen atoms in total. The van der Waals surface area contributed by atoms with Crippen LogP contribution in [0.25, 0.3) is 17.0 Å². The average Bonchev–Trinajstić information content (AvgIpc) is 1.54. The Hall–Kier alpha value is -11.2. The quantitative estimate of drug-likeness (QED) is 0.00286. The van der Waals surface area contributed by atoms with Crippen LogP contribution in [0.4, 0.5) is 28.9 Å². The number of benzene rings is 3. The number of amides is 12. The van der Waals surface area contributed by atoms with Gasteiger partial charge in [0.15, 0.2) is 29.2 Å². The first-order valence-electron chi connectivity index (χ1n) is 46.6. The minimum atomic E-state index is -4.45. The smallest absolute Gasteiger partial charge is 0.366 e. The van der Waals surface area contributed by atoms with Crippen molar-refractivity contribution in [3.05, 3.63) is 129 Å². The van der Waals surface area contributed by atoms with Crippen molar-refractivity contribution in [2.45, 2.75) is 196 Å². The lowest BCUT2D eigenvalue weighted by atomic mass is 9.76. The highest BCUT2D eigenvalue weighted by Crippen LogP contribution is 2.54. The summed E-state index contributed by atoms with van der Waals surface area (Å²) in [4.78, 5) is 183. The largest absolute Gasteiger partial charge is 0.481 e. The molecule has 140 heavy (non-hydrogen) atoms. The maximum absolute atomic E-state index is 16.6. The van der Waals surface area contributed by atoms with Crippen LogP contribution in [0.5, 0.6) is 0 Å². The molecule has 8 atom stereocenters. The summed E-state index contributed by atoms with van der Waals surface area (Å²) in [6.45, 7) is 8.48. The van der Waals surface area contributed by atoms with Crippen LogP contribution in [0.3, 0.4) is 0 Å². The molecule has 0 spiro atoms. The highest BCUT2D eigenvalue weighted by Gasteiger charge is 2.50. The van der Waals surface area contributed by atoms with Gasteiger partial charge in [0.05, 0.1) is 91.9 Å². The van der Waals surface area contributed by atoms with E-state index in [1.807, 2.05) is 18.2 Å². The summed E-state index contributed by atoms with van der Waals surface area (Å²) < 4.78 is 126. The van der Waals surface area contributed by atoms with Crippen molar-refractivity contribution >= 4 is 155 Å². The van der Waals surface area contributed by atoms with Crippen LogP contribution < -0.4 is 85.1 Å². The molecule has 47 heteroatoms. The number of unbranched alkanes of at least 4 members (excludes halogenated alkanes) is 4. The number of allylic oxidation sites excluding steroid dienone is 5. The third-order valence-corrected chi connectivity index (χ3v) is 27.8. The molecule has 0 aliphatic carbocycles. The molecule has 5 aliphatic rings. The molecular formula is C93H128F4N17O22S4+. The highest BCUT2D eigenvalue weighted by atomic mass is 33.1. The van der Waals surface area contributed by atoms with Gasteiger partial charge >= 0.3 is 17.3 Å². The maximum Gasteiger partial charge on any atom is 0.366 e. The lowest BCUT2D eigenvalue weighted by molar-refractivity contribution is -0.141. The van der Waals surface area contributed by atoms with Gasteiger partial charge < -0.3 is 109 Å². The van der Waals surface area contributed by atoms with Gasteiger partial charge in [0.2, 0.25) is 70.9 Å². The van der Waals surface area contributed by atoms with Crippen molar-refractivity contribution in [1.82, 2.24) is 63.8 Å².